The number of aromatic hydroxyl groups is 1. The van der Waals surface area contributed by atoms with Crippen molar-refractivity contribution in [1.82, 2.24) is 14.5 Å². The number of phenolic OH excluding ortho intramolecular Hbond substituents is 1. The summed E-state index contributed by atoms with van der Waals surface area (Å²) in [6, 6.07) is 63.1. The van der Waals surface area contributed by atoms with Crippen LogP contribution in [-0.2, 0) is 16.2 Å². The van der Waals surface area contributed by atoms with Gasteiger partial charge in [0.2, 0.25) is 0 Å². The fraction of sp³-hybridized carbons (Fsp3) is 0.182. The summed E-state index contributed by atoms with van der Waals surface area (Å²) in [5.41, 5.74) is 10.9. The summed E-state index contributed by atoms with van der Waals surface area (Å²) >= 11 is 0. The fourth-order valence-corrected chi connectivity index (χ4v) is 9.37. The molecule has 4 heteroatoms. The number of hydrogen-bond donors (Lipinski definition) is 1. The van der Waals surface area contributed by atoms with E-state index in [1.54, 1.807) is 12.1 Å². The lowest BCUT2D eigenvalue weighted by Crippen LogP contribution is -2.17. The molecule has 0 aliphatic heterocycles. The zero-order chi connectivity index (χ0) is 56.5. The van der Waals surface area contributed by atoms with Crippen molar-refractivity contribution < 1.29 is 17.4 Å². The Morgan fingerprint density at radius 3 is 1.66 bits per heavy atom. The second-order valence-corrected chi connectivity index (χ2v) is 20.3. The zero-order valence-electron chi connectivity index (χ0n) is 49.3. The van der Waals surface area contributed by atoms with Crippen LogP contribution < -0.4 is 0 Å². The minimum atomic E-state index is -3.40. The lowest BCUT2D eigenvalue weighted by Gasteiger charge is -2.27. The van der Waals surface area contributed by atoms with Crippen LogP contribution in [0, 0.1) is 0 Å². The van der Waals surface area contributed by atoms with Gasteiger partial charge in [-0.15, -0.1) is 0 Å². The first kappa shape index (κ1) is 36.2. The van der Waals surface area contributed by atoms with Crippen molar-refractivity contribution in [1.29, 1.82) is 0 Å². The van der Waals surface area contributed by atoms with Gasteiger partial charge in [-0.2, -0.15) is 0 Å². The van der Waals surface area contributed by atoms with Gasteiger partial charge in [0.05, 0.1) is 28.0 Å². The van der Waals surface area contributed by atoms with Crippen LogP contribution in [0.3, 0.4) is 0 Å². The highest BCUT2D eigenvalue weighted by atomic mass is 16.3. The molecule has 0 fully saturated rings. The summed E-state index contributed by atoms with van der Waals surface area (Å²) in [6.45, 7) is 2.56. The Kier molecular flexibility index (Phi) is 9.27. The van der Waals surface area contributed by atoms with Gasteiger partial charge >= 0.3 is 0 Å². The van der Waals surface area contributed by atoms with E-state index < -0.39 is 31.4 Å². The SMILES string of the molecule is [2H]C([2H])([2H])C(c1ccc(-c2ccc(-n3c(-c4cc(C(C)(C)C)cc(C(C)(C)C)c4O)nc4c(-c5cc(-c6ccccc6)cc(-c6cc(-c7ccccc7)ccn6)c5)cccc43)c(-c3ccccc3)c2)cc1)(C([2H])([2H])[2H])C([2H])([2H])[2H]. The van der Waals surface area contributed by atoms with E-state index in [-0.39, 0.29) is 16.7 Å². The summed E-state index contributed by atoms with van der Waals surface area (Å²) in [5, 5.41) is 12.7. The summed E-state index contributed by atoms with van der Waals surface area (Å²) in [5.74, 6) is 0.634. The summed E-state index contributed by atoms with van der Waals surface area (Å²) < 4.78 is 77.1. The highest BCUT2D eigenvalue weighted by Crippen LogP contribution is 2.46. The van der Waals surface area contributed by atoms with Gasteiger partial charge in [0.1, 0.15) is 11.6 Å². The highest BCUT2D eigenvalue weighted by molar-refractivity contribution is 5.99. The number of pyridine rings is 1. The molecule has 0 radical (unpaired) electrons. The van der Waals surface area contributed by atoms with E-state index in [0.717, 1.165) is 78.1 Å². The van der Waals surface area contributed by atoms with Crippen molar-refractivity contribution in [2.24, 2.45) is 0 Å². The molecule has 0 aliphatic rings. The van der Waals surface area contributed by atoms with E-state index in [2.05, 4.69) is 113 Å². The first-order chi connectivity index (χ1) is 37.3. The highest BCUT2D eigenvalue weighted by Gasteiger charge is 2.29. The third kappa shape index (κ3) is 8.98. The Balaban J connectivity index is 1.25. The van der Waals surface area contributed by atoms with Crippen LogP contribution in [0.1, 0.15) is 91.1 Å². The van der Waals surface area contributed by atoms with Crippen LogP contribution in [-0.4, -0.2) is 19.6 Å². The number of phenols is 1. The second-order valence-electron chi connectivity index (χ2n) is 20.3. The minimum absolute atomic E-state index is 0.122. The van der Waals surface area contributed by atoms with Crippen molar-refractivity contribution in [3.05, 3.63) is 217 Å². The third-order valence-electron chi connectivity index (χ3n) is 13.2. The lowest BCUT2D eigenvalue weighted by atomic mass is 9.79. The Morgan fingerprint density at radius 2 is 1.01 bits per heavy atom. The smallest absolute Gasteiger partial charge is 0.149 e. The molecule has 0 amide bonds. The Bertz CT molecular complexity index is 3830. The predicted molar refractivity (Wildman–Crippen MR) is 295 cm³/mol. The molecule has 0 saturated carbocycles. The quantitative estimate of drug-likeness (QED) is 0.165. The largest absolute Gasteiger partial charge is 0.507 e. The van der Waals surface area contributed by atoms with Gasteiger partial charge < -0.3 is 5.11 Å². The average molecular weight is 921 g/mol. The van der Waals surface area contributed by atoms with Crippen LogP contribution in [0.2, 0.25) is 0 Å². The van der Waals surface area contributed by atoms with Crippen molar-refractivity contribution in [2.75, 3.05) is 0 Å². The molecule has 4 nitrogen and oxygen atoms in total. The molecule has 0 unspecified atom stereocenters. The topological polar surface area (TPSA) is 50.9 Å². The molecule has 1 N–H and O–H groups in total. The number of fused-ring (bicyclic) bond motifs is 1. The molecular formula is C66H61N3O. The molecule has 0 aliphatic carbocycles. The molecule has 8 aromatic carbocycles. The molecule has 0 spiro atoms. The molecule has 10 rings (SSSR count). The lowest BCUT2D eigenvalue weighted by molar-refractivity contribution is 0.446. The molecule has 2 heterocycles. The molecule has 0 bridgehead atoms. The standard InChI is InChI=1S/C66H61N3O/c1-64(2,3)52-31-28-45(29-32-52)47-30-33-59(55(39-47)46-24-17-12-18-25-46)69-60-27-19-26-54(61(60)68-63(69)56-41-53(65(4,5)6)42-57(62(56)70)66(7,8)9)50-36-49(44-22-15-11-16-23-44)37-51(38-50)58-40-48(34-35-67-58)43-20-13-10-14-21-43/h10-42,70H,1-9H3/i1D3,2D3,3D3. The normalized spacial score (nSPS) is 14.6. The molecule has 346 valence electrons. The summed E-state index contributed by atoms with van der Waals surface area (Å²) in [7, 11) is 0. The van der Waals surface area contributed by atoms with E-state index in [0.29, 0.717) is 28.0 Å². The van der Waals surface area contributed by atoms with Crippen molar-refractivity contribution in [3.63, 3.8) is 0 Å². The summed E-state index contributed by atoms with van der Waals surface area (Å²) in [6.07, 6.45) is 1.85. The van der Waals surface area contributed by atoms with E-state index in [9.17, 15) is 5.11 Å². The molecule has 0 atom stereocenters. The molecule has 10 aromatic rings. The number of aromatic nitrogens is 3. The van der Waals surface area contributed by atoms with Gasteiger partial charge in [-0.3, -0.25) is 9.55 Å². The number of benzene rings is 8. The minimum Gasteiger partial charge on any atom is -0.507 e. The van der Waals surface area contributed by atoms with Gasteiger partial charge in [-0.25, -0.2) is 4.98 Å². The number of imidazole rings is 1. The predicted octanol–water partition coefficient (Wildman–Crippen LogP) is 17.7. The van der Waals surface area contributed by atoms with Gasteiger partial charge in [0.15, 0.2) is 0 Å². The molecular weight excluding hydrogens is 851 g/mol. The number of para-hydroxylation sites is 1. The van der Waals surface area contributed by atoms with Crippen molar-refractivity contribution in [2.45, 2.75) is 78.3 Å². The number of hydrogen-bond acceptors (Lipinski definition) is 3. The first-order valence-electron chi connectivity index (χ1n) is 28.2. The molecule has 0 saturated heterocycles. The molecule has 70 heavy (non-hydrogen) atoms. The Morgan fingerprint density at radius 1 is 0.429 bits per heavy atom. The Hall–Kier alpha value is -7.82. The van der Waals surface area contributed by atoms with E-state index in [1.807, 2.05) is 109 Å². The van der Waals surface area contributed by atoms with Crippen LogP contribution >= 0.6 is 0 Å². The van der Waals surface area contributed by atoms with E-state index in [1.165, 1.54) is 12.1 Å². The van der Waals surface area contributed by atoms with Crippen LogP contribution in [0.4, 0.5) is 0 Å². The van der Waals surface area contributed by atoms with E-state index in [4.69, 9.17) is 22.3 Å². The number of rotatable bonds is 8. The zero-order valence-corrected chi connectivity index (χ0v) is 40.3. The van der Waals surface area contributed by atoms with Gasteiger partial charge in [0.25, 0.3) is 0 Å². The van der Waals surface area contributed by atoms with Gasteiger partial charge in [-0.1, -0.05) is 202 Å². The van der Waals surface area contributed by atoms with Crippen molar-refractivity contribution >= 4 is 11.0 Å². The van der Waals surface area contributed by atoms with Gasteiger partial charge in [0, 0.05) is 40.8 Å². The maximum atomic E-state index is 12.7. The maximum absolute atomic E-state index is 12.7. The second kappa shape index (κ2) is 17.9. The van der Waals surface area contributed by atoms with Crippen LogP contribution in [0.15, 0.2) is 200 Å². The Labute approximate surface area is 426 Å². The van der Waals surface area contributed by atoms with Crippen molar-refractivity contribution in [3.8, 4) is 89.7 Å². The third-order valence-corrected chi connectivity index (χ3v) is 13.2. The maximum Gasteiger partial charge on any atom is 0.149 e. The molecule has 2 aromatic heterocycles. The monoisotopic (exact) mass is 921 g/mol. The summed E-state index contributed by atoms with van der Waals surface area (Å²) in [4.78, 5) is 10.6. The number of nitrogens with zero attached hydrogens (tertiary/aromatic N) is 3. The first-order valence-corrected chi connectivity index (χ1v) is 23.7. The van der Waals surface area contributed by atoms with Crippen LogP contribution in [0.25, 0.3) is 95.0 Å². The average Bonchev–Trinajstić information content (AvgIpc) is 3.27. The van der Waals surface area contributed by atoms with Crippen LogP contribution in [0.5, 0.6) is 5.75 Å². The van der Waals surface area contributed by atoms with Gasteiger partial charge in [-0.05, 0) is 126 Å². The fourth-order valence-electron chi connectivity index (χ4n) is 9.37. The van der Waals surface area contributed by atoms with E-state index >= 15 is 0 Å².